The number of rotatable bonds is 11. The van der Waals surface area contributed by atoms with Gasteiger partial charge in [-0.2, -0.15) is 0 Å². The lowest BCUT2D eigenvalue weighted by atomic mass is 9.92. The largest absolute Gasteiger partial charge is 0.497 e. The van der Waals surface area contributed by atoms with E-state index in [1.807, 2.05) is 36.9 Å². The van der Waals surface area contributed by atoms with Crippen LogP contribution in [-0.4, -0.2) is 72.5 Å². The molecule has 0 aromatic heterocycles. The first-order valence-corrected chi connectivity index (χ1v) is 13.5. The maximum atomic E-state index is 12.9. The molecule has 1 amide bonds. The predicted octanol–water partition coefficient (Wildman–Crippen LogP) is 5.85. The summed E-state index contributed by atoms with van der Waals surface area (Å²) < 4.78 is 5.57. The average molecular weight is 480 g/mol. The summed E-state index contributed by atoms with van der Waals surface area (Å²) in [5.41, 5.74) is 3.20. The minimum Gasteiger partial charge on any atom is -0.497 e. The van der Waals surface area contributed by atoms with Crippen molar-refractivity contribution < 1.29 is 9.53 Å². The molecule has 0 spiro atoms. The van der Waals surface area contributed by atoms with Crippen LogP contribution in [0.1, 0.15) is 81.4 Å². The number of unbranched alkanes of at least 4 members (excludes halogenated alkanes) is 2. The minimum atomic E-state index is 0.0992. The van der Waals surface area contributed by atoms with Crippen LogP contribution in [0.4, 0.5) is 0 Å². The highest BCUT2D eigenvalue weighted by molar-refractivity contribution is 5.94. The van der Waals surface area contributed by atoms with Crippen LogP contribution in [0.2, 0.25) is 0 Å². The Morgan fingerprint density at radius 3 is 2.31 bits per heavy atom. The van der Waals surface area contributed by atoms with E-state index in [4.69, 9.17) is 4.74 Å². The average Bonchev–Trinajstić information content (AvgIpc) is 2.88. The molecule has 1 saturated heterocycles. The fourth-order valence-electron chi connectivity index (χ4n) is 5.35. The molecule has 3 rings (SSSR count). The molecule has 0 saturated carbocycles. The van der Waals surface area contributed by atoms with Gasteiger partial charge in [-0.3, -0.25) is 14.6 Å². The lowest BCUT2D eigenvalue weighted by Crippen LogP contribution is -2.57. The molecule has 3 atom stereocenters. The number of amides is 1. The van der Waals surface area contributed by atoms with E-state index in [-0.39, 0.29) is 11.9 Å². The Kier molecular flexibility index (Phi) is 10.2. The van der Waals surface area contributed by atoms with Gasteiger partial charge in [0.2, 0.25) is 0 Å². The van der Waals surface area contributed by atoms with Gasteiger partial charge < -0.3 is 9.64 Å². The molecule has 1 aliphatic rings. The third kappa shape index (κ3) is 6.65. The zero-order valence-electron chi connectivity index (χ0n) is 22.7. The van der Waals surface area contributed by atoms with Crippen LogP contribution in [-0.2, 0) is 0 Å². The van der Waals surface area contributed by atoms with E-state index >= 15 is 0 Å². The summed E-state index contributed by atoms with van der Waals surface area (Å²) in [7, 11) is 1.72. The Bertz CT molecular complexity index is 925. The second kappa shape index (κ2) is 13.1. The van der Waals surface area contributed by atoms with Gasteiger partial charge in [0.25, 0.3) is 5.91 Å². The maximum Gasteiger partial charge on any atom is 0.253 e. The first-order valence-electron chi connectivity index (χ1n) is 13.5. The Morgan fingerprint density at radius 2 is 1.69 bits per heavy atom. The zero-order chi connectivity index (χ0) is 25.4. The number of nitrogens with zero attached hydrogens (tertiary/aromatic N) is 3. The summed E-state index contributed by atoms with van der Waals surface area (Å²) >= 11 is 0. The highest BCUT2D eigenvalue weighted by Gasteiger charge is 2.34. The molecule has 0 radical (unpaired) electrons. The number of carbonyl (C=O) groups excluding carboxylic acids is 1. The standard InChI is InChI=1S/C30H45N3O2/c1-7-10-11-19-32-21-24(5)33(22-23(32)4)29(27-13-12-14-28(20-27)35-6)25-15-17-26(18-16-25)30(34)31(8-2)9-3/h12-18,20,23-24,29H,7-11,19,21-22H2,1-6H3/t23-,24+,29?/m1/s1. The van der Waals surface area contributed by atoms with Crippen molar-refractivity contribution in [3.8, 4) is 5.75 Å². The SMILES string of the molecule is CCCCCN1C[C@H](C)N(C(c2ccc(C(=O)N(CC)CC)cc2)c2cccc(OC)c2)C[C@H]1C. The van der Waals surface area contributed by atoms with Crippen molar-refractivity contribution >= 4 is 5.91 Å². The van der Waals surface area contributed by atoms with Crippen LogP contribution in [0, 0.1) is 0 Å². The molecule has 192 valence electrons. The third-order valence-corrected chi connectivity index (χ3v) is 7.48. The lowest BCUT2D eigenvalue weighted by molar-refractivity contribution is 0.0232. The topological polar surface area (TPSA) is 36.0 Å². The summed E-state index contributed by atoms with van der Waals surface area (Å²) in [6, 6.07) is 17.8. The fourth-order valence-corrected chi connectivity index (χ4v) is 5.35. The number of benzene rings is 2. The van der Waals surface area contributed by atoms with Crippen LogP contribution in [0.3, 0.4) is 0 Å². The van der Waals surface area contributed by atoms with Crippen LogP contribution in [0.15, 0.2) is 48.5 Å². The quantitative estimate of drug-likeness (QED) is 0.379. The molecule has 5 nitrogen and oxygen atoms in total. The van der Waals surface area contributed by atoms with E-state index in [9.17, 15) is 4.79 Å². The van der Waals surface area contributed by atoms with Gasteiger partial charge in [0.05, 0.1) is 13.2 Å². The summed E-state index contributed by atoms with van der Waals surface area (Å²) in [5, 5.41) is 0. The summed E-state index contributed by atoms with van der Waals surface area (Å²) in [6.07, 6.45) is 3.83. The molecule has 0 N–H and O–H groups in total. The Morgan fingerprint density at radius 1 is 0.971 bits per heavy atom. The van der Waals surface area contributed by atoms with Gasteiger partial charge >= 0.3 is 0 Å². The van der Waals surface area contributed by atoms with E-state index < -0.39 is 0 Å². The lowest BCUT2D eigenvalue weighted by Gasteiger charge is -2.47. The minimum absolute atomic E-state index is 0.0992. The predicted molar refractivity (Wildman–Crippen MR) is 145 cm³/mol. The van der Waals surface area contributed by atoms with Crippen molar-refractivity contribution in [2.45, 2.75) is 72.0 Å². The van der Waals surface area contributed by atoms with Crippen molar-refractivity contribution in [2.75, 3.05) is 39.8 Å². The smallest absolute Gasteiger partial charge is 0.253 e. The molecule has 1 heterocycles. The molecule has 1 fully saturated rings. The van der Waals surface area contributed by atoms with E-state index in [2.05, 4.69) is 60.9 Å². The molecule has 5 heteroatoms. The van der Waals surface area contributed by atoms with Crippen LogP contribution >= 0.6 is 0 Å². The van der Waals surface area contributed by atoms with E-state index in [1.165, 1.54) is 36.9 Å². The number of hydrogen-bond donors (Lipinski definition) is 0. The van der Waals surface area contributed by atoms with Gasteiger partial charge in [0, 0.05) is 43.8 Å². The maximum absolute atomic E-state index is 12.9. The van der Waals surface area contributed by atoms with Gasteiger partial charge in [-0.15, -0.1) is 0 Å². The third-order valence-electron chi connectivity index (χ3n) is 7.48. The normalized spacial score (nSPS) is 19.9. The second-order valence-electron chi connectivity index (χ2n) is 9.88. The van der Waals surface area contributed by atoms with Crippen molar-refractivity contribution in [3.05, 3.63) is 65.2 Å². The van der Waals surface area contributed by atoms with Gasteiger partial charge in [-0.05, 0) is 76.1 Å². The number of hydrogen-bond acceptors (Lipinski definition) is 4. The Labute approximate surface area is 213 Å². The van der Waals surface area contributed by atoms with Crippen molar-refractivity contribution in [1.82, 2.24) is 14.7 Å². The molecule has 1 unspecified atom stereocenters. The van der Waals surface area contributed by atoms with Gasteiger partial charge in [0.15, 0.2) is 0 Å². The molecule has 0 aliphatic carbocycles. The summed E-state index contributed by atoms with van der Waals surface area (Å²) in [6.45, 7) is 15.7. The van der Waals surface area contributed by atoms with Gasteiger partial charge in [0.1, 0.15) is 5.75 Å². The first kappa shape index (κ1) is 27.2. The van der Waals surface area contributed by atoms with Gasteiger partial charge in [-0.1, -0.05) is 44.0 Å². The number of ether oxygens (including phenoxy) is 1. The van der Waals surface area contributed by atoms with Crippen molar-refractivity contribution in [2.24, 2.45) is 0 Å². The van der Waals surface area contributed by atoms with Gasteiger partial charge in [-0.25, -0.2) is 0 Å². The van der Waals surface area contributed by atoms with Crippen molar-refractivity contribution in [3.63, 3.8) is 0 Å². The highest BCUT2D eigenvalue weighted by atomic mass is 16.5. The summed E-state index contributed by atoms with van der Waals surface area (Å²) in [4.78, 5) is 20.0. The van der Waals surface area contributed by atoms with E-state index in [1.54, 1.807) is 7.11 Å². The number of carbonyl (C=O) groups is 1. The molecule has 2 aromatic rings. The van der Waals surface area contributed by atoms with E-state index in [0.717, 1.165) is 37.5 Å². The molecular weight excluding hydrogens is 434 g/mol. The van der Waals surface area contributed by atoms with Crippen LogP contribution < -0.4 is 4.74 Å². The molecular formula is C30H45N3O2. The number of methoxy groups -OCH3 is 1. The molecule has 2 aromatic carbocycles. The fraction of sp³-hybridized carbons (Fsp3) is 0.567. The van der Waals surface area contributed by atoms with E-state index in [0.29, 0.717) is 12.1 Å². The van der Waals surface area contributed by atoms with Crippen LogP contribution in [0.5, 0.6) is 5.75 Å². The molecule has 1 aliphatic heterocycles. The Hall–Kier alpha value is -2.37. The number of piperazine rings is 1. The van der Waals surface area contributed by atoms with Crippen LogP contribution in [0.25, 0.3) is 0 Å². The highest BCUT2D eigenvalue weighted by Crippen LogP contribution is 2.35. The molecule has 35 heavy (non-hydrogen) atoms. The first-order chi connectivity index (χ1) is 16.9. The zero-order valence-corrected chi connectivity index (χ0v) is 22.7. The monoisotopic (exact) mass is 479 g/mol. The summed E-state index contributed by atoms with van der Waals surface area (Å²) in [5.74, 6) is 0.974. The Balaban J connectivity index is 1.91. The second-order valence-corrected chi connectivity index (χ2v) is 9.88. The van der Waals surface area contributed by atoms with Crippen molar-refractivity contribution in [1.29, 1.82) is 0 Å². The molecule has 0 bridgehead atoms.